The van der Waals surface area contributed by atoms with Gasteiger partial charge in [-0.15, -0.1) is 0 Å². The Hall–Kier alpha value is -0.0597. The van der Waals surface area contributed by atoms with E-state index in [1.54, 1.807) is 14.1 Å². The Morgan fingerprint density at radius 1 is 1.00 bits per heavy atom. The van der Waals surface area contributed by atoms with E-state index < -0.39 is 0 Å². The summed E-state index contributed by atoms with van der Waals surface area (Å²) in [5.74, 6) is 0. The Morgan fingerprint density at radius 2 is 1.25 bits per heavy atom. The minimum atomic E-state index is 0. The molecule has 0 N–H and O–H groups in total. The van der Waals surface area contributed by atoms with Gasteiger partial charge in [-0.25, -0.2) is 0 Å². The van der Waals surface area contributed by atoms with Crippen molar-refractivity contribution < 1.29 is 20.9 Å². The Kier molecular flexibility index (Phi) is 33.8. The molecule has 0 aromatic carbocycles. The van der Waals surface area contributed by atoms with Crippen molar-refractivity contribution in [1.82, 2.24) is 0 Å². The van der Waals surface area contributed by atoms with E-state index in [1.807, 2.05) is 13.8 Å². The molecule has 0 spiro atoms. The maximum absolute atomic E-state index is 4.13. The second kappa shape index (κ2) is 24.0. The average Bonchev–Trinajstić information content (AvgIpc) is 2.97. The van der Waals surface area contributed by atoms with Crippen LogP contribution in [0.3, 0.4) is 0 Å². The number of rotatable bonds is 2. The Morgan fingerprint density at radius 3 is 1.30 bits per heavy atom. The third-order valence-electron chi connectivity index (χ3n) is 1.59. The van der Waals surface area contributed by atoms with E-state index in [0.29, 0.717) is 0 Å². The summed E-state index contributed by atoms with van der Waals surface area (Å²) in [4.78, 5) is 0. The molecule has 1 aliphatic rings. The Balaban J connectivity index is -0.0000000852. The summed E-state index contributed by atoms with van der Waals surface area (Å²) in [7, 11) is 3.61. The van der Waals surface area contributed by atoms with Crippen LogP contribution >= 0.6 is 0 Å². The van der Waals surface area contributed by atoms with Crippen LogP contribution in [-0.4, -0.2) is 32.7 Å². The summed E-state index contributed by atoms with van der Waals surface area (Å²) in [5, 5.41) is 7.47. The van der Waals surface area contributed by atoms with E-state index in [1.165, 1.54) is 0 Å². The van der Waals surface area contributed by atoms with Gasteiger partial charge in [0.1, 0.15) is 0 Å². The van der Waals surface area contributed by atoms with Crippen molar-refractivity contribution in [2.45, 2.75) is 46.6 Å². The van der Waals surface area contributed by atoms with Gasteiger partial charge >= 0.3 is 50.5 Å². The van der Waals surface area contributed by atoms with Gasteiger partial charge in [-0.3, -0.25) is 0 Å². The van der Waals surface area contributed by atoms with Crippen LogP contribution in [-0.2, 0) is 20.9 Å². The van der Waals surface area contributed by atoms with Crippen molar-refractivity contribution in [1.29, 1.82) is 0 Å². The van der Waals surface area contributed by atoms with E-state index in [0.717, 1.165) is 40.4 Å². The van der Waals surface area contributed by atoms with Crippen molar-refractivity contribution in [3.63, 3.8) is 0 Å². The second-order valence-electron chi connectivity index (χ2n) is 4.63. The first-order valence-electron chi connectivity index (χ1n) is 6.68. The molecule has 0 unspecified atom stereocenters. The predicted molar refractivity (Wildman–Crippen MR) is 91.1 cm³/mol. The fourth-order valence-electron chi connectivity index (χ4n) is 0.393. The van der Waals surface area contributed by atoms with E-state index >= 15 is 0 Å². The third kappa shape index (κ3) is 52.1. The first kappa shape index (κ1) is 28.2. The van der Waals surface area contributed by atoms with Crippen molar-refractivity contribution in [3.8, 4) is 0 Å². The van der Waals surface area contributed by atoms with E-state index in [2.05, 4.69) is 59.0 Å². The maximum Gasteiger partial charge on any atom is -0.0844 e. The normalized spacial score (nSPS) is 10.7. The monoisotopic (exact) mass is 449 g/mol. The van der Waals surface area contributed by atoms with Crippen LogP contribution in [0.25, 0.3) is 10.6 Å². The van der Waals surface area contributed by atoms with Crippen molar-refractivity contribution in [2.24, 2.45) is 3.34 Å². The summed E-state index contributed by atoms with van der Waals surface area (Å²) in [5.41, 5.74) is 0.216. The molecule has 0 aromatic rings. The molecular formula is C16H34N3Ta-3. The van der Waals surface area contributed by atoms with Gasteiger partial charge in [0.15, 0.2) is 0 Å². The quantitative estimate of drug-likeness (QED) is 0.501. The molecule has 20 heavy (non-hydrogen) atoms. The fraction of sp³-hybridized carbons (Fsp3) is 0.688. The van der Waals surface area contributed by atoms with Crippen LogP contribution in [0.4, 0.5) is 0 Å². The van der Waals surface area contributed by atoms with Crippen LogP contribution in [0.1, 0.15) is 41.0 Å². The van der Waals surface area contributed by atoms with Crippen LogP contribution < -0.4 is 0 Å². The van der Waals surface area contributed by atoms with Crippen molar-refractivity contribution in [3.05, 3.63) is 42.4 Å². The van der Waals surface area contributed by atoms with E-state index in [9.17, 15) is 0 Å². The topological polar surface area (TPSA) is 40.6 Å². The molecule has 0 atom stereocenters. The number of allylic oxidation sites excluding steroid dienone is 4. The zero-order chi connectivity index (χ0) is 15.6. The molecule has 0 bridgehead atoms. The summed E-state index contributed by atoms with van der Waals surface area (Å²) in [6.45, 7) is 12.2. The molecule has 3 nitrogen and oxygen atoms in total. The molecule has 1 aliphatic carbocycles. The number of hydrogen-bond donors (Lipinski definition) is 0. The molecule has 0 saturated carbocycles. The fourth-order valence-corrected chi connectivity index (χ4v) is 0.393. The van der Waals surface area contributed by atoms with Gasteiger partial charge in [-0.2, -0.15) is 27.2 Å². The minimum Gasteiger partial charge on any atom is -0.665 e. The summed E-state index contributed by atoms with van der Waals surface area (Å²) < 4.78 is 4.13. The molecule has 0 fully saturated rings. The van der Waals surface area contributed by atoms with Gasteiger partial charge in [0.2, 0.25) is 0 Å². The molecule has 1 rings (SSSR count). The van der Waals surface area contributed by atoms with E-state index in [-0.39, 0.29) is 13.0 Å². The summed E-state index contributed by atoms with van der Waals surface area (Å²) >= 11 is 1.15. The largest absolute Gasteiger partial charge is 0.665 e. The molecule has 121 valence electrons. The van der Waals surface area contributed by atoms with Crippen molar-refractivity contribution in [2.75, 3.05) is 27.2 Å². The van der Waals surface area contributed by atoms with Gasteiger partial charge in [0.25, 0.3) is 0 Å². The third-order valence-corrected chi connectivity index (χ3v) is 3.74. The van der Waals surface area contributed by atoms with Crippen LogP contribution in [0.2, 0.25) is 0 Å². The van der Waals surface area contributed by atoms with Gasteiger partial charge in [0.05, 0.1) is 0 Å². The molecule has 0 heterocycles. The molecule has 0 radical (unpaired) electrons. The molecule has 0 amide bonds. The van der Waals surface area contributed by atoms with E-state index in [4.69, 9.17) is 0 Å². The second-order valence-corrected chi connectivity index (χ2v) is 5.35. The first-order chi connectivity index (χ1) is 8.89. The molecule has 4 heteroatoms. The SMILES string of the molecule is C1=CCC=C1.CC(C)(C)[N]=[Ta].CC[N-]C.CC[N-]C.[CH3-]. The summed E-state index contributed by atoms with van der Waals surface area (Å²) in [6.07, 6.45) is 9.50. The number of nitrogens with zero attached hydrogens (tertiary/aromatic N) is 3. The minimum absolute atomic E-state index is 0. The van der Waals surface area contributed by atoms with Gasteiger partial charge in [0, 0.05) is 0 Å². The average molecular weight is 449 g/mol. The maximum atomic E-state index is 4.13. The Labute approximate surface area is 140 Å². The standard InChI is InChI=1S/C5H6.C4H9N.2C3H8N.CH3.Ta/c1-2-4-5-3-1;1-4(2,3)5;2*1-3-4-2;;/h1-4H,5H2;1-3H3;2*3H2,1-2H3;1H3;/q;;3*-1;. The Bertz CT molecular complexity index is 200. The number of hydrogen-bond acceptors (Lipinski definition) is 1. The zero-order valence-corrected chi connectivity index (χ0v) is 17.9. The van der Waals surface area contributed by atoms with Crippen molar-refractivity contribution >= 4 is 0 Å². The molecule has 0 saturated heterocycles. The molecular weight excluding hydrogens is 415 g/mol. The van der Waals surface area contributed by atoms with Gasteiger partial charge in [-0.1, -0.05) is 38.2 Å². The van der Waals surface area contributed by atoms with Gasteiger partial charge in [-0.05, 0) is 6.42 Å². The molecule has 0 aliphatic heterocycles. The summed E-state index contributed by atoms with van der Waals surface area (Å²) in [6, 6.07) is 0. The first-order valence-corrected chi connectivity index (χ1v) is 8.12. The van der Waals surface area contributed by atoms with Gasteiger partial charge < -0.3 is 18.1 Å². The smallest absolute Gasteiger partial charge is 0.0844 e. The predicted octanol–water partition coefficient (Wildman–Crippen LogP) is 5.49. The molecule has 0 aromatic heterocycles. The van der Waals surface area contributed by atoms with Crippen LogP contribution in [0, 0.1) is 7.43 Å². The van der Waals surface area contributed by atoms with Crippen LogP contribution in [0.5, 0.6) is 0 Å². The zero-order valence-electron chi connectivity index (χ0n) is 14.7. The van der Waals surface area contributed by atoms with Crippen LogP contribution in [0.15, 0.2) is 27.6 Å².